The van der Waals surface area contributed by atoms with Crippen LogP contribution in [0.15, 0.2) is 42.5 Å². The Morgan fingerprint density at radius 2 is 1.84 bits per heavy atom. The number of rotatable bonds is 5. The minimum absolute atomic E-state index is 0.0434. The van der Waals surface area contributed by atoms with Gasteiger partial charge in [-0.3, -0.25) is 9.59 Å². The van der Waals surface area contributed by atoms with Gasteiger partial charge in [-0.1, -0.05) is 6.07 Å². The Morgan fingerprint density at radius 1 is 1.16 bits per heavy atom. The van der Waals surface area contributed by atoms with Crippen LogP contribution in [0.25, 0.3) is 0 Å². The summed E-state index contributed by atoms with van der Waals surface area (Å²) in [6.45, 7) is 0. The molecular formula is C18H12FN3O3. The van der Waals surface area contributed by atoms with E-state index in [-0.39, 0.29) is 22.6 Å². The van der Waals surface area contributed by atoms with Gasteiger partial charge in [0.05, 0.1) is 6.07 Å². The Hall–Kier alpha value is -3.71. The largest absolute Gasteiger partial charge is 0.456 e. The second kappa shape index (κ2) is 7.71. The smallest absolute Gasteiger partial charge is 0.245 e. The first-order chi connectivity index (χ1) is 12.0. The lowest BCUT2D eigenvalue weighted by molar-refractivity contribution is -0.121. The Balaban J connectivity index is 2.23. The first-order valence-corrected chi connectivity index (χ1v) is 7.13. The minimum Gasteiger partial charge on any atom is -0.456 e. The quantitative estimate of drug-likeness (QED) is 0.667. The van der Waals surface area contributed by atoms with Crippen molar-refractivity contribution in [2.75, 3.05) is 7.05 Å². The van der Waals surface area contributed by atoms with Gasteiger partial charge >= 0.3 is 0 Å². The van der Waals surface area contributed by atoms with Gasteiger partial charge in [0.25, 0.3) is 0 Å². The third-order valence-corrected chi connectivity index (χ3v) is 3.35. The number of benzene rings is 2. The standard InChI is InChI=1S/C18H12FN3O3/c1-22-18(24)14(10-21)17(23)11-5-7-12(8-6-11)25-16-4-2-3-15(19)13(16)9-20/h2-8,14H,1H3,(H,22,24)/t14-/m1/s1. The first kappa shape index (κ1) is 17.6. The zero-order valence-corrected chi connectivity index (χ0v) is 13.1. The third kappa shape index (κ3) is 3.80. The van der Waals surface area contributed by atoms with E-state index in [1.165, 1.54) is 43.4 Å². The lowest BCUT2D eigenvalue weighted by atomic mass is 9.98. The monoisotopic (exact) mass is 337 g/mol. The highest BCUT2D eigenvalue weighted by atomic mass is 19.1. The lowest BCUT2D eigenvalue weighted by Crippen LogP contribution is -2.32. The van der Waals surface area contributed by atoms with Crippen LogP contribution in [0.3, 0.4) is 0 Å². The molecule has 1 N–H and O–H groups in total. The van der Waals surface area contributed by atoms with Crippen LogP contribution in [-0.4, -0.2) is 18.7 Å². The predicted molar refractivity (Wildman–Crippen MR) is 85.1 cm³/mol. The molecule has 2 aromatic carbocycles. The number of nitriles is 2. The summed E-state index contributed by atoms with van der Waals surface area (Å²) >= 11 is 0. The Morgan fingerprint density at radius 3 is 2.40 bits per heavy atom. The predicted octanol–water partition coefficient (Wildman–Crippen LogP) is 2.56. The van der Waals surface area contributed by atoms with E-state index in [4.69, 9.17) is 15.3 Å². The Bertz CT molecular complexity index is 895. The van der Waals surface area contributed by atoms with Crippen LogP contribution in [-0.2, 0) is 4.79 Å². The molecule has 0 spiro atoms. The van der Waals surface area contributed by atoms with Crippen molar-refractivity contribution < 1.29 is 18.7 Å². The number of ketones is 1. The highest BCUT2D eigenvalue weighted by Gasteiger charge is 2.26. The second-order valence-corrected chi connectivity index (χ2v) is 4.89. The van der Waals surface area contributed by atoms with E-state index < -0.39 is 23.4 Å². The summed E-state index contributed by atoms with van der Waals surface area (Å²) in [4.78, 5) is 23.7. The fourth-order valence-corrected chi connectivity index (χ4v) is 2.06. The van der Waals surface area contributed by atoms with Gasteiger partial charge in [-0.15, -0.1) is 0 Å². The molecule has 0 heterocycles. The summed E-state index contributed by atoms with van der Waals surface area (Å²) in [6, 6.07) is 13.0. The number of nitrogens with zero attached hydrogens (tertiary/aromatic N) is 2. The van der Waals surface area contributed by atoms with Gasteiger partial charge in [-0.05, 0) is 36.4 Å². The lowest BCUT2D eigenvalue weighted by Gasteiger charge is -2.09. The molecule has 6 nitrogen and oxygen atoms in total. The summed E-state index contributed by atoms with van der Waals surface area (Å²) in [5.74, 6) is -3.16. The van der Waals surface area contributed by atoms with Crippen LogP contribution in [0, 0.1) is 34.4 Å². The summed E-state index contributed by atoms with van der Waals surface area (Å²) < 4.78 is 19.0. The van der Waals surface area contributed by atoms with Gasteiger partial charge < -0.3 is 10.1 Å². The minimum atomic E-state index is -1.44. The average Bonchev–Trinajstić information content (AvgIpc) is 2.63. The van der Waals surface area contributed by atoms with Crippen LogP contribution in [0.1, 0.15) is 15.9 Å². The molecule has 0 aliphatic heterocycles. The van der Waals surface area contributed by atoms with Gasteiger partial charge in [-0.2, -0.15) is 10.5 Å². The topological polar surface area (TPSA) is 103 Å². The van der Waals surface area contributed by atoms with E-state index in [0.29, 0.717) is 0 Å². The first-order valence-electron chi connectivity index (χ1n) is 7.13. The maximum atomic E-state index is 13.5. The molecule has 0 unspecified atom stereocenters. The molecule has 25 heavy (non-hydrogen) atoms. The number of halogens is 1. The molecule has 0 aliphatic rings. The Kier molecular flexibility index (Phi) is 5.44. The average molecular weight is 337 g/mol. The molecule has 2 aromatic rings. The number of hydrogen-bond donors (Lipinski definition) is 1. The zero-order valence-electron chi connectivity index (χ0n) is 13.1. The van der Waals surface area contributed by atoms with Crippen LogP contribution >= 0.6 is 0 Å². The second-order valence-electron chi connectivity index (χ2n) is 4.89. The number of Topliss-reactive ketones (excluding diaryl/α,β-unsaturated/α-hetero) is 1. The van der Waals surface area contributed by atoms with Gasteiger partial charge in [0.2, 0.25) is 5.91 Å². The maximum Gasteiger partial charge on any atom is 0.245 e. The molecule has 0 bridgehead atoms. The summed E-state index contributed by atoms with van der Waals surface area (Å²) in [7, 11) is 1.34. The molecule has 0 aromatic heterocycles. The van der Waals surface area contributed by atoms with Crippen LogP contribution in [0.5, 0.6) is 11.5 Å². The normalized spacial score (nSPS) is 10.9. The Labute approximate surface area is 143 Å². The van der Waals surface area contributed by atoms with Gasteiger partial charge in [0.15, 0.2) is 11.7 Å². The van der Waals surface area contributed by atoms with Crippen molar-refractivity contribution in [2.24, 2.45) is 5.92 Å². The maximum absolute atomic E-state index is 13.5. The molecule has 0 aliphatic carbocycles. The fourth-order valence-electron chi connectivity index (χ4n) is 2.06. The van der Waals surface area contributed by atoms with Crippen LogP contribution < -0.4 is 10.1 Å². The number of ether oxygens (including phenoxy) is 1. The molecule has 1 amide bonds. The number of amides is 1. The van der Waals surface area contributed by atoms with E-state index in [1.54, 1.807) is 12.1 Å². The van der Waals surface area contributed by atoms with E-state index in [2.05, 4.69) is 5.32 Å². The number of nitrogens with one attached hydrogen (secondary N) is 1. The molecule has 0 fully saturated rings. The molecule has 0 saturated carbocycles. The molecular weight excluding hydrogens is 325 g/mol. The van der Waals surface area contributed by atoms with Gasteiger partial charge in [0, 0.05) is 12.6 Å². The number of carbonyl (C=O) groups is 2. The molecule has 7 heteroatoms. The SMILES string of the molecule is CNC(=O)[C@H](C#N)C(=O)c1ccc(Oc2cccc(F)c2C#N)cc1. The molecule has 1 atom stereocenters. The zero-order chi connectivity index (χ0) is 18.4. The molecule has 2 rings (SSSR count). The van der Waals surface area contributed by atoms with E-state index in [0.717, 1.165) is 6.07 Å². The van der Waals surface area contributed by atoms with Gasteiger partial charge in [0.1, 0.15) is 28.9 Å². The number of carbonyl (C=O) groups excluding carboxylic acids is 2. The molecule has 0 radical (unpaired) electrons. The highest BCUT2D eigenvalue weighted by molar-refractivity contribution is 6.12. The van der Waals surface area contributed by atoms with E-state index >= 15 is 0 Å². The fraction of sp³-hybridized carbons (Fsp3) is 0.111. The van der Waals surface area contributed by atoms with Crippen molar-refractivity contribution in [1.82, 2.24) is 5.32 Å². The van der Waals surface area contributed by atoms with Crippen molar-refractivity contribution in [2.45, 2.75) is 0 Å². The van der Waals surface area contributed by atoms with Crippen molar-refractivity contribution in [3.8, 4) is 23.6 Å². The van der Waals surface area contributed by atoms with E-state index in [9.17, 15) is 14.0 Å². The summed E-state index contributed by atoms with van der Waals surface area (Å²) in [5.41, 5.74) is -0.0749. The summed E-state index contributed by atoms with van der Waals surface area (Å²) in [5, 5.41) is 20.2. The van der Waals surface area contributed by atoms with Crippen molar-refractivity contribution >= 4 is 11.7 Å². The van der Waals surface area contributed by atoms with Crippen LogP contribution in [0.2, 0.25) is 0 Å². The van der Waals surface area contributed by atoms with Crippen molar-refractivity contribution in [1.29, 1.82) is 10.5 Å². The van der Waals surface area contributed by atoms with Gasteiger partial charge in [-0.25, -0.2) is 4.39 Å². The van der Waals surface area contributed by atoms with E-state index in [1.807, 2.05) is 0 Å². The van der Waals surface area contributed by atoms with Crippen molar-refractivity contribution in [3.05, 3.63) is 59.4 Å². The number of hydrogen-bond acceptors (Lipinski definition) is 5. The van der Waals surface area contributed by atoms with Crippen molar-refractivity contribution in [3.63, 3.8) is 0 Å². The third-order valence-electron chi connectivity index (χ3n) is 3.35. The summed E-state index contributed by atoms with van der Waals surface area (Å²) in [6.07, 6.45) is 0. The highest BCUT2D eigenvalue weighted by Crippen LogP contribution is 2.27. The molecule has 124 valence electrons. The molecule has 0 saturated heterocycles. The van der Waals surface area contributed by atoms with Crippen LogP contribution in [0.4, 0.5) is 4.39 Å².